The van der Waals surface area contributed by atoms with E-state index in [0.717, 1.165) is 18.2 Å². The van der Waals surface area contributed by atoms with Crippen molar-refractivity contribution in [3.63, 3.8) is 0 Å². The molecule has 1 unspecified atom stereocenters. The monoisotopic (exact) mass is 288 g/mol. The van der Waals surface area contributed by atoms with Gasteiger partial charge in [0.2, 0.25) is 15.9 Å². The number of carbonyl (C=O) groups is 1. The molecule has 0 saturated carbocycles. The van der Waals surface area contributed by atoms with Gasteiger partial charge in [0, 0.05) is 24.9 Å². The summed E-state index contributed by atoms with van der Waals surface area (Å²) in [5.41, 5.74) is 0.0434. The Labute approximate surface area is 109 Å². The fraction of sp³-hybridized carbons (Fsp3) is 0.364. The minimum Gasteiger partial charge on any atom is -0.506 e. The molecule has 0 aliphatic carbocycles. The third-order valence-electron chi connectivity index (χ3n) is 2.90. The molecule has 1 amide bonds. The highest BCUT2D eigenvalue weighted by Crippen LogP contribution is 2.33. The van der Waals surface area contributed by atoms with Crippen LogP contribution in [0.5, 0.6) is 5.75 Å². The van der Waals surface area contributed by atoms with E-state index in [1.165, 1.54) is 4.90 Å². The first-order valence-corrected chi connectivity index (χ1v) is 7.27. The smallest absolute Gasteiger partial charge is 0.227 e. The van der Waals surface area contributed by atoms with Crippen molar-refractivity contribution >= 4 is 21.6 Å². The summed E-state index contributed by atoms with van der Waals surface area (Å²) in [7, 11) is -3.67. The second-order valence-corrected chi connectivity index (χ2v) is 6.20. The van der Waals surface area contributed by atoms with Crippen LogP contribution in [-0.4, -0.2) is 31.7 Å². The number of hydrogen-bond donors (Lipinski definition) is 2. The van der Waals surface area contributed by atoms with Crippen molar-refractivity contribution in [3.8, 4) is 5.75 Å². The Kier molecular flexibility index (Phi) is 3.46. The highest BCUT2D eigenvalue weighted by Gasteiger charge is 2.34. The lowest BCUT2D eigenvalue weighted by Crippen LogP contribution is -2.27. The molecule has 0 aromatic heterocycles. The maximum atomic E-state index is 13.1. The van der Waals surface area contributed by atoms with Gasteiger partial charge < -0.3 is 10.0 Å². The van der Waals surface area contributed by atoms with E-state index in [-0.39, 0.29) is 36.1 Å². The average molecular weight is 288 g/mol. The predicted octanol–water partition coefficient (Wildman–Crippen LogP) is 0.173. The summed E-state index contributed by atoms with van der Waals surface area (Å²) in [6.45, 7) is 0.0896. The van der Waals surface area contributed by atoms with E-state index in [2.05, 4.69) is 0 Å². The summed E-state index contributed by atoms with van der Waals surface area (Å²) in [6.07, 6.45) is 0.00633. The van der Waals surface area contributed by atoms with Crippen LogP contribution >= 0.6 is 0 Å². The normalized spacial score (nSPS) is 20.0. The van der Waals surface area contributed by atoms with Gasteiger partial charge in [-0.15, -0.1) is 0 Å². The zero-order chi connectivity index (χ0) is 14.2. The number of phenols is 1. The number of phenolic OH excluding ortho intramolecular Hbond substituents is 1. The highest BCUT2D eigenvalue weighted by atomic mass is 32.2. The molecule has 104 valence electrons. The number of halogens is 1. The van der Waals surface area contributed by atoms with Gasteiger partial charge in [-0.3, -0.25) is 4.79 Å². The first-order valence-electron chi connectivity index (χ1n) is 5.55. The summed E-state index contributed by atoms with van der Waals surface area (Å²) in [6, 6.07) is 3.25. The zero-order valence-electron chi connectivity index (χ0n) is 9.91. The molecule has 1 aromatic carbocycles. The minimum absolute atomic E-state index is 0.00633. The lowest BCUT2D eigenvalue weighted by atomic mass is 10.1. The largest absolute Gasteiger partial charge is 0.506 e. The summed E-state index contributed by atoms with van der Waals surface area (Å²) < 4.78 is 35.1. The molecule has 0 radical (unpaired) electrons. The van der Waals surface area contributed by atoms with E-state index in [1.54, 1.807) is 0 Å². The van der Waals surface area contributed by atoms with Crippen molar-refractivity contribution < 1.29 is 22.7 Å². The van der Waals surface area contributed by atoms with Crippen LogP contribution in [0.3, 0.4) is 0 Å². The number of hydrogen-bond acceptors (Lipinski definition) is 4. The van der Waals surface area contributed by atoms with Crippen molar-refractivity contribution in [1.82, 2.24) is 0 Å². The second-order valence-electron chi connectivity index (χ2n) is 4.54. The molecule has 1 atom stereocenters. The van der Waals surface area contributed by atoms with E-state index in [4.69, 9.17) is 5.14 Å². The number of primary sulfonamides is 1. The van der Waals surface area contributed by atoms with Crippen molar-refractivity contribution in [1.29, 1.82) is 0 Å². The summed E-state index contributed by atoms with van der Waals surface area (Å²) in [5.74, 6) is -1.95. The number of sulfonamides is 1. The first kappa shape index (κ1) is 13.8. The molecule has 1 aliphatic heterocycles. The number of benzene rings is 1. The number of amides is 1. The second kappa shape index (κ2) is 4.78. The van der Waals surface area contributed by atoms with Gasteiger partial charge in [-0.05, 0) is 12.1 Å². The fourth-order valence-electron chi connectivity index (χ4n) is 2.17. The van der Waals surface area contributed by atoms with Crippen LogP contribution in [0.25, 0.3) is 0 Å². The van der Waals surface area contributed by atoms with E-state index >= 15 is 0 Å². The number of rotatable bonds is 3. The maximum absolute atomic E-state index is 13.1. The van der Waals surface area contributed by atoms with Crippen LogP contribution in [0, 0.1) is 11.7 Å². The standard InChI is InChI=1S/C11H13FN2O4S/c12-8-1-2-10(15)9(4-8)14-5-7(3-11(14)16)6-19(13,17)18/h1-2,4,7,15H,3,5-6H2,(H2,13,17,18). The molecule has 6 nitrogen and oxygen atoms in total. The number of nitrogens with zero attached hydrogens (tertiary/aromatic N) is 1. The molecule has 0 spiro atoms. The van der Waals surface area contributed by atoms with E-state index in [9.17, 15) is 22.7 Å². The third-order valence-corrected chi connectivity index (χ3v) is 3.84. The molecule has 1 aliphatic rings. The lowest BCUT2D eigenvalue weighted by Gasteiger charge is -2.17. The Morgan fingerprint density at radius 2 is 2.16 bits per heavy atom. The van der Waals surface area contributed by atoms with Gasteiger partial charge in [0.25, 0.3) is 0 Å². The molecule has 19 heavy (non-hydrogen) atoms. The van der Waals surface area contributed by atoms with Gasteiger partial charge >= 0.3 is 0 Å². The summed E-state index contributed by atoms with van der Waals surface area (Å²) in [5, 5.41) is 14.6. The lowest BCUT2D eigenvalue weighted by molar-refractivity contribution is -0.117. The van der Waals surface area contributed by atoms with Gasteiger partial charge in [-0.2, -0.15) is 0 Å². The van der Waals surface area contributed by atoms with E-state index in [0.29, 0.717) is 0 Å². The number of carbonyl (C=O) groups excluding carboxylic acids is 1. The van der Waals surface area contributed by atoms with E-state index < -0.39 is 21.8 Å². The molecular formula is C11H13FN2O4S. The quantitative estimate of drug-likeness (QED) is 0.828. The Morgan fingerprint density at radius 3 is 2.79 bits per heavy atom. The number of nitrogens with two attached hydrogens (primary N) is 1. The SMILES string of the molecule is NS(=O)(=O)CC1CC(=O)N(c2cc(F)ccc2O)C1. The number of anilines is 1. The van der Waals surface area contributed by atoms with Crippen molar-refractivity contribution in [3.05, 3.63) is 24.0 Å². The van der Waals surface area contributed by atoms with Crippen LogP contribution in [0.2, 0.25) is 0 Å². The Morgan fingerprint density at radius 1 is 1.47 bits per heavy atom. The van der Waals surface area contributed by atoms with Crippen LogP contribution in [0.15, 0.2) is 18.2 Å². The Balaban J connectivity index is 2.23. The zero-order valence-corrected chi connectivity index (χ0v) is 10.7. The molecular weight excluding hydrogens is 275 g/mol. The molecule has 1 aromatic rings. The van der Waals surface area contributed by atoms with Crippen molar-refractivity contribution in [2.45, 2.75) is 6.42 Å². The predicted molar refractivity (Wildman–Crippen MR) is 66.5 cm³/mol. The molecule has 3 N–H and O–H groups in total. The summed E-state index contributed by atoms with van der Waals surface area (Å²) in [4.78, 5) is 13.0. The third kappa shape index (κ3) is 3.21. The molecule has 1 saturated heterocycles. The van der Waals surface area contributed by atoms with Crippen LogP contribution in [0.1, 0.15) is 6.42 Å². The highest BCUT2D eigenvalue weighted by molar-refractivity contribution is 7.89. The molecule has 2 rings (SSSR count). The molecule has 8 heteroatoms. The van der Waals surface area contributed by atoms with Crippen LogP contribution in [-0.2, 0) is 14.8 Å². The number of aromatic hydroxyl groups is 1. The molecule has 0 bridgehead atoms. The average Bonchev–Trinajstić information content (AvgIpc) is 2.60. The van der Waals surface area contributed by atoms with Crippen molar-refractivity contribution in [2.24, 2.45) is 11.1 Å². The summed E-state index contributed by atoms with van der Waals surface area (Å²) >= 11 is 0. The van der Waals surface area contributed by atoms with Gasteiger partial charge in [0.05, 0.1) is 11.4 Å². The van der Waals surface area contributed by atoms with Crippen molar-refractivity contribution in [2.75, 3.05) is 17.2 Å². The van der Waals surface area contributed by atoms with E-state index in [1.807, 2.05) is 0 Å². The van der Waals surface area contributed by atoms with Gasteiger partial charge in [0.15, 0.2) is 0 Å². The topological polar surface area (TPSA) is 101 Å². The molecule has 1 heterocycles. The first-order chi connectivity index (χ1) is 8.76. The Bertz CT molecular complexity index is 617. The molecule has 1 fully saturated rings. The van der Waals surface area contributed by atoms with Crippen LogP contribution in [0.4, 0.5) is 10.1 Å². The van der Waals surface area contributed by atoms with Gasteiger partial charge in [0.1, 0.15) is 11.6 Å². The maximum Gasteiger partial charge on any atom is 0.227 e. The fourth-order valence-corrected chi connectivity index (χ4v) is 3.05. The van der Waals surface area contributed by atoms with Crippen LogP contribution < -0.4 is 10.0 Å². The van der Waals surface area contributed by atoms with Gasteiger partial charge in [-0.1, -0.05) is 0 Å². The Hall–Kier alpha value is -1.67. The van der Waals surface area contributed by atoms with Gasteiger partial charge in [-0.25, -0.2) is 17.9 Å². The minimum atomic E-state index is -3.67.